The van der Waals surface area contributed by atoms with Crippen molar-refractivity contribution in [3.63, 3.8) is 0 Å². The van der Waals surface area contributed by atoms with Crippen LogP contribution >= 0.6 is 11.6 Å². The van der Waals surface area contributed by atoms with Crippen molar-refractivity contribution in [2.75, 3.05) is 13.7 Å². The third-order valence-corrected chi connectivity index (χ3v) is 5.38. The Kier molecular flexibility index (Phi) is 5.84. The highest BCUT2D eigenvalue weighted by molar-refractivity contribution is 6.32. The molecule has 0 aromatic heterocycles. The van der Waals surface area contributed by atoms with Crippen molar-refractivity contribution < 1.29 is 28.7 Å². The summed E-state index contributed by atoms with van der Waals surface area (Å²) in [6.07, 6.45) is 4.73. The number of esters is 1. The standard InChI is InChI=1S/C20H20ClNO6/c1-11(22-18(24)13-5-3-4-6-14(13)19(22)25)20(26)28-10-16(23)12-7-8-17(27-2)15(21)9-12/h3-4,7-9,11,13-14H,5-6,10H2,1-2H3/t11-,13-,14-/m0/s1. The smallest absolute Gasteiger partial charge is 0.329 e. The van der Waals surface area contributed by atoms with Gasteiger partial charge in [-0.1, -0.05) is 23.8 Å². The average molecular weight is 406 g/mol. The summed E-state index contributed by atoms with van der Waals surface area (Å²) in [6, 6.07) is 3.38. The normalized spacial score (nSPS) is 22.0. The van der Waals surface area contributed by atoms with Crippen LogP contribution in [0.5, 0.6) is 5.75 Å². The van der Waals surface area contributed by atoms with Crippen LogP contribution in [0.25, 0.3) is 0 Å². The summed E-state index contributed by atoms with van der Waals surface area (Å²) in [7, 11) is 1.46. The van der Waals surface area contributed by atoms with Crippen LogP contribution in [0.2, 0.25) is 5.02 Å². The second kappa shape index (κ2) is 8.14. The van der Waals surface area contributed by atoms with Crippen molar-refractivity contribution in [2.24, 2.45) is 11.8 Å². The van der Waals surface area contributed by atoms with E-state index >= 15 is 0 Å². The monoisotopic (exact) mass is 405 g/mol. The van der Waals surface area contributed by atoms with Crippen molar-refractivity contribution in [1.29, 1.82) is 0 Å². The predicted octanol–water partition coefficient (Wildman–Crippen LogP) is 2.41. The number of fused-ring (bicyclic) bond motifs is 1. The van der Waals surface area contributed by atoms with Crippen LogP contribution in [0.1, 0.15) is 30.1 Å². The molecule has 0 N–H and O–H groups in total. The Hall–Kier alpha value is -2.67. The zero-order valence-corrected chi connectivity index (χ0v) is 16.3. The van der Waals surface area contributed by atoms with Gasteiger partial charge in [0, 0.05) is 5.56 Å². The van der Waals surface area contributed by atoms with Crippen LogP contribution in [-0.2, 0) is 19.1 Å². The third-order valence-electron chi connectivity index (χ3n) is 5.09. The lowest BCUT2D eigenvalue weighted by molar-refractivity contribution is -0.157. The second-order valence-electron chi connectivity index (χ2n) is 6.76. The maximum absolute atomic E-state index is 12.5. The number of halogens is 1. The molecule has 148 valence electrons. The highest BCUT2D eigenvalue weighted by atomic mass is 35.5. The van der Waals surface area contributed by atoms with E-state index in [1.165, 1.54) is 32.2 Å². The van der Waals surface area contributed by atoms with Crippen LogP contribution < -0.4 is 4.74 Å². The maximum atomic E-state index is 12.5. The SMILES string of the molecule is COc1ccc(C(=O)COC(=O)[C@H](C)N2C(=O)[C@H]3CC=CC[C@@H]3C2=O)cc1Cl. The number of likely N-dealkylation sites (tertiary alicyclic amines) is 1. The first-order valence-corrected chi connectivity index (χ1v) is 9.28. The number of carbonyl (C=O) groups excluding carboxylic acids is 4. The number of rotatable bonds is 6. The van der Waals surface area contributed by atoms with E-state index in [9.17, 15) is 19.2 Å². The van der Waals surface area contributed by atoms with Gasteiger partial charge in [-0.25, -0.2) is 4.79 Å². The van der Waals surface area contributed by atoms with Crippen LogP contribution in [0, 0.1) is 11.8 Å². The number of hydrogen-bond acceptors (Lipinski definition) is 6. The van der Waals surface area contributed by atoms with Gasteiger partial charge in [-0.2, -0.15) is 0 Å². The molecule has 1 aromatic rings. The number of benzene rings is 1. The number of methoxy groups -OCH3 is 1. The Balaban J connectivity index is 1.61. The summed E-state index contributed by atoms with van der Waals surface area (Å²) < 4.78 is 10.1. The summed E-state index contributed by atoms with van der Waals surface area (Å²) >= 11 is 5.99. The lowest BCUT2D eigenvalue weighted by atomic mass is 9.85. The number of Topliss-reactive ketones (excluding diaryl/α,β-unsaturated/α-hetero) is 1. The molecule has 1 saturated heterocycles. The zero-order valence-electron chi connectivity index (χ0n) is 15.5. The van der Waals surface area contributed by atoms with Crippen LogP contribution in [0.4, 0.5) is 0 Å². The van der Waals surface area contributed by atoms with Crippen LogP contribution in [0.15, 0.2) is 30.4 Å². The molecule has 1 heterocycles. The fourth-order valence-electron chi connectivity index (χ4n) is 3.49. The van der Waals surface area contributed by atoms with Crippen molar-refractivity contribution in [3.05, 3.63) is 40.9 Å². The molecular weight excluding hydrogens is 386 g/mol. The molecule has 2 amide bonds. The fourth-order valence-corrected chi connectivity index (χ4v) is 3.75. The van der Waals surface area contributed by atoms with Crippen molar-refractivity contribution >= 4 is 35.2 Å². The van der Waals surface area contributed by atoms with E-state index in [2.05, 4.69) is 0 Å². The van der Waals surface area contributed by atoms with Gasteiger partial charge < -0.3 is 9.47 Å². The van der Waals surface area contributed by atoms with Gasteiger partial charge in [0.05, 0.1) is 24.0 Å². The van der Waals surface area contributed by atoms with Gasteiger partial charge in [-0.05, 0) is 38.0 Å². The summed E-state index contributed by atoms with van der Waals surface area (Å²) in [5.74, 6) is -2.41. The molecule has 8 heteroatoms. The fraction of sp³-hybridized carbons (Fsp3) is 0.400. The molecule has 1 aliphatic carbocycles. The number of nitrogens with zero attached hydrogens (tertiary/aromatic N) is 1. The van der Waals surface area contributed by atoms with Crippen molar-refractivity contribution in [2.45, 2.75) is 25.8 Å². The molecule has 0 unspecified atom stereocenters. The van der Waals surface area contributed by atoms with Gasteiger partial charge in [-0.3, -0.25) is 19.3 Å². The quantitative estimate of drug-likeness (QED) is 0.312. The van der Waals surface area contributed by atoms with E-state index < -0.39 is 36.2 Å². The first-order chi connectivity index (χ1) is 13.3. The number of ketones is 1. The Morgan fingerprint density at radius 3 is 2.32 bits per heavy atom. The number of amides is 2. The topological polar surface area (TPSA) is 90.0 Å². The largest absolute Gasteiger partial charge is 0.495 e. The molecule has 3 atom stereocenters. The van der Waals surface area contributed by atoms with Gasteiger partial charge in [0.15, 0.2) is 12.4 Å². The number of allylic oxidation sites excluding steroid dienone is 2. The van der Waals surface area contributed by atoms with E-state index in [1.54, 1.807) is 0 Å². The summed E-state index contributed by atoms with van der Waals surface area (Å²) in [6.45, 7) is 0.911. The summed E-state index contributed by atoms with van der Waals surface area (Å²) in [5.41, 5.74) is 0.261. The van der Waals surface area contributed by atoms with E-state index in [0.717, 1.165) is 4.90 Å². The van der Waals surface area contributed by atoms with Gasteiger partial charge in [0.1, 0.15) is 11.8 Å². The highest BCUT2D eigenvalue weighted by Gasteiger charge is 2.50. The van der Waals surface area contributed by atoms with Crippen molar-refractivity contribution in [3.8, 4) is 5.75 Å². The lowest BCUT2D eigenvalue weighted by Crippen LogP contribution is -2.44. The molecule has 0 spiro atoms. The maximum Gasteiger partial charge on any atom is 0.329 e. The van der Waals surface area contributed by atoms with Gasteiger partial charge in [0.2, 0.25) is 11.8 Å². The molecule has 2 aliphatic rings. The number of ether oxygens (including phenoxy) is 2. The first-order valence-electron chi connectivity index (χ1n) is 8.90. The Morgan fingerprint density at radius 2 is 1.79 bits per heavy atom. The summed E-state index contributed by atoms with van der Waals surface area (Å²) in [4.78, 5) is 50.6. The average Bonchev–Trinajstić information content (AvgIpc) is 2.96. The number of imide groups is 1. The van der Waals surface area contributed by atoms with Crippen LogP contribution in [0.3, 0.4) is 0 Å². The number of hydrogen-bond donors (Lipinski definition) is 0. The minimum absolute atomic E-state index is 0.261. The van der Waals surface area contributed by atoms with Gasteiger partial charge >= 0.3 is 5.97 Å². The molecular formula is C20H20ClNO6. The van der Waals surface area contributed by atoms with E-state index in [0.29, 0.717) is 18.6 Å². The Labute approximate surface area is 167 Å². The summed E-state index contributed by atoms with van der Waals surface area (Å²) in [5, 5.41) is 0.262. The van der Waals surface area contributed by atoms with Crippen LogP contribution in [-0.4, -0.2) is 48.2 Å². The molecule has 1 fully saturated rings. The van der Waals surface area contributed by atoms with E-state index in [-0.39, 0.29) is 22.4 Å². The number of carbonyl (C=O) groups is 4. The van der Waals surface area contributed by atoms with Crippen molar-refractivity contribution in [1.82, 2.24) is 4.90 Å². The minimum atomic E-state index is -1.09. The third kappa shape index (κ3) is 3.67. The van der Waals surface area contributed by atoms with Gasteiger partial charge in [-0.15, -0.1) is 0 Å². The van der Waals surface area contributed by atoms with Gasteiger partial charge in [0.25, 0.3) is 0 Å². The van der Waals surface area contributed by atoms with E-state index in [1.807, 2.05) is 12.2 Å². The first kappa shape index (κ1) is 20.1. The molecule has 0 bridgehead atoms. The molecule has 3 rings (SSSR count). The predicted molar refractivity (Wildman–Crippen MR) is 100.0 cm³/mol. The lowest BCUT2D eigenvalue weighted by Gasteiger charge is -2.21. The molecule has 1 aromatic carbocycles. The minimum Gasteiger partial charge on any atom is -0.495 e. The molecule has 28 heavy (non-hydrogen) atoms. The molecule has 0 radical (unpaired) electrons. The Morgan fingerprint density at radius 1 is 1.18 bits per heavy atom. The molecule has 1 aliphatic heterocycles. The van der Waals surface area contributed by atoms with E-state index in [4.69, 9.17) is 21.1 Å². The highest BCUT2D eigenvalue weighted by Crippen LogP contribution is 2.36. The molecule has 7 nitrogen and oxygen atoms in total. The Bertz CT molecular complexity index is 838. The zero-order chi connectivity index (χ0) is 20.4. The second-order valence-corrected chi connectivity index (χ2v) is 7.17. The molecule has 0 saturated carbocycles.